The van der Waals surface area contributed by atoms with Crippen LogP contribution < -0.4 is 5.32 Å². The third-order valence-electron chi connectivity index (χ3n) is 3.71. The first kappa shape index (κ1) is 12.4. The maximum Gasteiger partial charge on any atom is 0.256 e. The lowest BCUT2D eigenvalue weighted by Gasteiger charge is -2.00. The highest BCUT2D eigenvalue weighted by molar-refractivity contribution is 9.10. The number of benzene rings is 2. The lowest BCUT2D eigenvalue weighted by atomic mass is 10.0. The number of hydrogen-bond acceptors (Lipinski definition) is 1. The zero-order valence-electron chi connectivity index (χ0n) is 11.0. The van der Waals surface area contributed by atoms with Crippen LogP contribution in [0.1, 0.15) is 11.1 Å². The second-order valence-corrected chi connectivity index (χ2v) is 5.82. The van der Waals surface area contributed by atoms with Crippen LogP contribution in [0.2, 0.25) is 0 Å². The lowest BCUT2D eigenvalue weighted by molar-refractivity contribution is -0.110. The van der Waals surface area contributed by atoms with E-state index in [9.17, 15) is 4.79 Å². The minimum atomic E-state index is -0.0674. The molecule has 3 aromatic rings. The van der Waals surface area contributed by atoms with Gasteiger partial charge < -0.3 is 10.3 Å². The summed E-state index contributed by atoms with van der Waals surface area (Å²) in [6.07, 6.45) is 3.87. The Morgan fingerprint density at radius 3 is 2.81 bits per heavy atom. The van der Waals surface area contributed by atoms with Gasteiger partial charge in [-0.25, -0.2) is 0 Å². The van der Waals surface area contributed by atoms with Crippen LogP contribution in [0.15, 0.2) is 53.1 Å². The number of rotatable bonds is 1. The van der Waals surface area contributed by atoms with Crippen LogP contribution in [-0.2, 0) is 4.79 Å². The topological polar surface area (TPSA) is 44.9 Å². The fraction of sp³-hybridized carbons (Fsp3) is 0. The number of aromatic amines is 1. The average Bonchev–Trinajstić information content (AvgIpc) is 3.04. The van der Waals surface area contributed by atoms with E-state index in [1.54, 1.807) is 0 Å². The molecule has 0 aliphatic carbocycles. The predicted octanol–water partition coefficient (Wildman–Crippen LogP) is 4.42. The van der Waals surface area contributed by atoms with Crippen molar-refractivity contribution in [2.45, 2.75) is 0 Å². The molecule has 102 valence electrons. The highest BCUT2D eigenvalue weighted by Crippen LogP contribution is 2.38. The molecule has 1 aliphatic heterocycles. The molecule has 2 N–H and O–H groups in total. The van der Waals surface area contributed by atoms with Crippen molar-refractivity contribution < 1.29 is 4.79 Å². The molecule has 0 bridgehead atoms. The van der Waals surface area contributed by atoms with Crippen molar-refractivity contribution in [2.75, 3.05) is 5.32 Å². The van der Waals surface area contributed by atoms with Crippen LogP contribution in [0.4, 0.5) is 5.69 Å². The Labute approximate surface area is 129 Å². The van der Waals surface area contributed by atoms with E-state index in [0.29, 0.717) is 5.57 Å². The number of fused-ring (bicyclic) bond motifs is 2. The molecule has 0 saturated heterocycles. The third kappa shape index (κ3) is 1.91. The summed E-state index contributed by atoms with van der Waals surface area (Å²) in [4.78, 5) is 15.5. The van der Waals surface area contributed by atoms with Crippen molar-refractivity contribution >= 4 is 50.1 Å². The van der Waals surface area contributed by atoms with E-state index in [-0.39, 0.29) is 5.91 Å². The number of hydrogen-bond donors (Lipinski definition) is 2. The van der Waals surface area contributed by atoms with Crippen LogP contribution in [0.25, 0.3) is 22.6 Å². The van der Waals surface area contributed by atoms with Crippen LogP contribution in [-0.4, -0.2) is 10.9 Å². The van der Waals surface area contributed by atoms with Gasteiger partial charge in [0.15, 0.2) is 0 Å². The largest absolute Gasteiger partial charge is 0.361 e. The fourth-order valence-corrected chi connectivity index (χ4v) is 3.16. The Bertz CT molecular complexity index is 908. The Morgan fingerprint density at radius 2 is 1.90 bits per heavy atom. The van der Waals surface area contributed by atoms with Crippen LogP contribution in [0.5, 0.6) is 0 Å². The molecule has 0 atom stereocenters. The van der Waals surface area contributed by atoms with E-state index in [1.165, 1.54) is 0 Å². The monoisotopic (exact) mass is 338 g/mol. The molecule has 1 amide bonds. The molecule has 1 aromatic heterocycles. The van der Waals surface area contributed by atoms with Crippen molar-refractivity contribution in [3.63, 3.8) is 0 Å². The quantitative estimate of drug-likeness (QED) is 0.633. The number of para-hydroxylation sites is 2. The number of anilines is 1. The molecule has 2 heterocycles. The van der Waals surface area contributed by atoms with E-state index in [1.807, 2.05) is 54.7 Å². The second kappa shape index (κ2) is 4.60. The molecule has 2 aromatic carbocycles. The van der Waals surface area contributed by atoms with Crippen LogP contribution in [0, 0.1) is 0 Å². The number of amides is 1. The van der Waals surface area contributed by atoms with E-state index < -0.39 is 0 Å². The molecular formula is C17H11BrN2O. The van der Waals surface area contributed by atoms with Gasteiger partial charge in [-0.2, -0.15) is 0 Å². The summed E-state index contributed by atoms with van der Waals surface area (Å²) in [5.74, 6) is -0.0674. The van der Waals surface area contributed by atoms with E-state index in [2.05, 4.69) is 26.2 Å². The number of halogens is 1. The summed E-state index contributed by atoms with van der Waals surface area (Å²) in [5.41, 5.74) is 4.55. The number of carbonyl (C=O) groups is 1. The van der Waals surface area contributed by atoms with Crippen molar-refractivity contribution in [2.24, 2.45) is 0 Å². The second-order valence-electron chi connectivity index (χ2n) is 4.96. The smallest absolute Gasteiger partial charge is 0.256 e. The van der Waals surface area contributed by atoms with Crippen LogP contribution >= 0.6 is 15.9 Å². The van der Waals surface area contributed by atoms with Crippen molar-refractivity contribution in [3.05, 3.63) is 64.3 Å². The predicted molar refractivity (Wildman–Crippen MR) is 88.9 cm³/mol. The Kier molecular flexibility index (Phi) is 2.72. The molecule has 4 heteroatoms. The number of aromatic nitrogens is 1. The molecule has 1 aliphatic rings. The molecule has 3 nitrogen and oxygen atoms in total. The standard InChI is InChI=1S/C17H11BrN2O/c18-14-6-3-5-12-13(17(21)20-16(12)14)8-10-9-19-15-7-2-1-4-11(10)15/h1-9,19H,(H,20,21). The van der Waals surface area contributed by atoms with Gasteiger partial charge in [-0.15, -0.1) is 0 Å². The average molecular weight is 339 g/mol. The zero-order valence-corrected chi connectivity index (χ0v) is 12.6. The summed E-state index contributed by atoms with van der Waals surface area (Å²) in [6, 6.07) is 13.9. The molecule has 0 fully saturated rings. The molecule has 0 unspecified atom stereocenters. The van der Waals surface area contributed by atoms with Crippen molar-refractivity contribution in [1.82, 2.24) is 4.98 Å². The van der Waals surface area contributed by atoms with Crippen molar-refractivity contribution in [3.8, 4) is 0 Å². The molecule has 4 rings (SSSR count). The van der Waals surface area contributed by atoms with Gasteiger partial charge in [-0.3, -0.25) is 4.79 Å². The molecule has 21 heavy (non-hydrogen) atoms. The normalized spacial score (nSPS) is 15.5. The minimum Gasteiger partial charge on any atom is -0.361 e. The maximum absolute atomic E-state index is 12.2. The van der Waals surface area contributed by atoms with Gasteiger partial charge in [0.1, 0.15) is 0 Å². The number of nitrogens with one attached hydrogen (secondary N) is 2. The van der Waals surface area contributed by atoms with Gasteiger partial charge >= 0.3 is 0 Å². The first-order valence-corrected chi connectivity index (χ1v) is 7.41. The maximum atomic E-state index is 12.2. The third-order valence-corrected chi connectivity index (χ3v) is 4.37. The highest BCUT2D eigenvalue weighted by Gasteiger charge is 2.25. The van der Waals surface area contributed by atoms with E-state index >= 15 is 0 Å². The molecule has 0 saturated carbocycles. The van der Waals surface area contributed by atoms with Gasteiger partial charge in [0.25, 0.3) is 5.91 Å². The first-order chi connectivity index (χ1) is 10.2. The minimum absolute atomic E-state index is 0.0674. The number of H-pyrrole nitrogens is 1. The van der Waals surface area contributed by atoms with Gasteiger partial charge in [0, 0.05) is 38.3 Å². The van der Waals surface area contributed by atoms with Gasteiger partial charge in [-0.1, -0.05) is 30.3 Å². The fourth-order valence-electron chi connectivity index (χ4n) is 2.69. The molecule has 0 spiro atoms. The van der Waals surface area contributed by atoms with E-state index in [4.69, 9.17) is 0 Å². The van der Waals surface area contributed by atoms with Gasteiger partial charge in [0.2, 0.25) is 0 Å². The summed E-state index contributed by atoms with van der Waals surface area (Å²) in [6.45, 7) is 0. The highest BCUT2D eigenvalue weighted by atomic mass is 79.9. The van der Waals surface area contributed by atoms with Gasteiger partial charge in [0.05, 0.1) is 5.69 Å². The Hall–Kier alpha value is -2.33. The van der Waals surface area contributed by atoms with Crippen LogP contribution in [0.3, 0.4) is 0 Å². The summed E-state index contributed by atoms with van der Waals surface area (Å²) in [5, 5.41) is 4.02. The first-order valence-electron chi connectivity index (χ1n) is 6.62. The van der Waals surface area contributed by atoms with E-state index in [0.717, 1.165) is 32.2 Å². The summed E-state index contributed by atoms with van der Waals surface area (Å²) in [7, 11) is 0. The lowest BCUT2D eigenvalue weighted by Crippen LogP contribution is -2.03. The Balaban J connectivity index is 1.91. The SMILES string of the molecule is O=C1Nc2c(Br)cccc2C1=Cc1c[nH]c2ccccc12. The van der Waals surface area contributed by atoms with Crippen molar-refractivity contribution in [1.29, 1.82) is 0 Å². The Morgan fingerprint density at radius 1 is 1.05 bits per heavy atom. The molecular weight excluding hydrogens is 328 g/mol. The summed E-state index contributed by atoms with van der Waals surface area (Å²) >= 11 is 3.47. The number of carbonyl (C=O) groups excluding carboxylic acids is 1. The van der Waals surface area contributed by atoms with Gasteiger partial charge in [-0.05, 0) is 34.1 Å². The molecule has 0 radical (unpaired) electrons. The zero-order chi connectivity index (χ0) is 14.4. The summed E-state index contributed by atoms with van der Waals surface area (Å²) < 4.78 is 0.899.